The zero-order chi connectivity index (χ0) is 18.5. The summed E-state index contributed by atoms with van der Waals surface area (Å²) in [5.74, 6) is 0.0364. The van der Waals surface area contributed by atoms with Gasteiger partial charge in [0.25, 0.3) is 5.69 Å². The first-order valence-corrected chi connectivity index (χ1v) is 8.31. The van der Waals surface area contributed by atoms with Crippen LogP contribution in [0.15, 0.2) is 48.5 Å². The highest BCUT2D eigenvalue weighted by Gasteiger charge is 2.31. The number of benzene rings is 2. The molecule has 1 fully saturated rings. The number of amides is 1. The van der Waals surface area contributed by atoms with Crippen molar-refractivity contribution in [2.24, 2.45) is 0 Å². The number of carbonyl (C=O) groups excluding carboxylic acids is 1. The summed E-state index contributed by atoms with van der Waals surface area (Å²) in [4.78, 5) is 24.6. The second kappa shape index (κ2) is 7.76. The topological polar surface area (TPSA) is 99.3 Å². The number of carbonyl (C=O) groups is 1. The van der Waals surface area contributed by atoms with Crippen molar-refractivity contribution in [2.45, 2.75) is 25.6 Å². The molecule has 2 aromatic rings. The highest BCUT2D eigenvalue weighted by atomic mass is 16.6. The molecule has 26 heavy (non-hydrogen) atoms. The highest BCUT2D eigenvalue weighted by molar-refractivity contribution is 5.84. The molecule has 0 bridgehead atoms. The molecule has 0 unspecified atom stereocenters. The lowest BCUT2D eigenvalue weighted by Gasteiger charge is -2.17. The number of nitro groups is 1. The molecule has 1 aliphatic rings. The van der Waals surface area contributed by atoms with Crippen LogP contribution in [0, 0.1) is 21.4 Å². The Balaban J connectivity index is 1.55. The van der Waals surface area contributed by atoms with E-state index in [1.807, 2.05) is 12.1 Å². The summed E-state index contributed by atoms with van der Waals surface area (Å²) < 4.78 is 0. The largest absolute Gasteiger partial charge is 0.337 e. The van der Waals surface area contributed by atoms with Crippen LogP contribution in [0.25, 0.3) is 0 Å². The number of hydrogen-bond donors (Lipinski definition) is 1. The zero-order valence-corrected chi connectivity index (χ0v) is 14.1. The van der Waals surface area contributed by atoms with E-state index in [-0.39, 0.29) is 17.6 Å². The standard InChI is InChI=1S/C19H18N4O3/c20-11-15-2-1-3-16(10-15)13-22-9-8-18(19(22)24)21-12-14-4-6-17(7-5-14)23(25)26/h1-7,10,18,21H,8-9,12-13H2/t18-/m0/s1. The number of nitriles is 1. The van der Waals surface area contributed by atoms with Crippen molar-refractivity contribution in [3.05, 3.63) is 75.3 Å². The summed E-state index contributed by atoms with van der Waals surface area (Å²) in [7, 11) is 0. The van der Waals surface area contributed by atoms with E-state index in [0.29, 0.717) is 31.6 Å². The second-order valence-electron chi connectivity index (χ2n) is 6.22. The van der Waals surface area contributed by atoms with E-state index < -0.39 is 4.92 Å². The van der Waals surface area contributed by atoms with Crippen molar-refractivity contribution in [1.29, 1.82) is 5.26 Å². The zero-order valence-electron chi connectivity index (χ0n) is 14.1. The number of nitro benzene ring substituents is 1. The molecule has 7 nitrogen and oxygen atoms in total. The van der Waals surface area contributed by atoms with Gasteiger partial charge in [0.15, 0.2) is 0 Å². The van der Waals surface area contributed by atoms with E-state index in [9.17, 15) is 14.9 Å². The van der Waals surface area contributed by atoms with Crippen LogP contribution in [0.2, 0.25) is 0 Å². The van der Waals surface area contributed by atoms with Crippen LogP contribution < -0.4 is 5.32 Å². The summed E-state index contributed by atoms with van der Waals surface area (Å²) in [6, 6.07) is 15.4. The predicted octanol–water partition coefficient (Wildman–Crippen LogP) is 2.36. The summed E-state index contributed by atoms with van der Waals surface area (Å²) >= 11 is 0. The molecule has 7 heteroatoms. The Morgan fingerprint density at radius 1 is 1.23 bits per heavy atom. The first-order valence-electron chi connectivity index (χ1n) is 8.31. The molecule has 0 radical (unpaired) electrons. The van der Waals surface area contributed by atoms with Crippen LogP contribution in [0.3, 0.4) is 0 Å². The third-order valence-corrected chi connectivity index (χ3v) is 4.43. The number of likely N-dealkylation sites (tertiary alicyclic amines) is 1. The SMILES string of the molecule is N#Cc1cccc(CN2CC[C@H](NCc3ccc([N+](=O)[O-])cc3)C2=O)c1. The van der Waals surface area contributed by atoms with Crippen molar-refractivity contribution in [2.75, 3.05) is 6.54 Å². The molecule has 1 amide bonds. The second-order valence-corrected chi connectivity index (χ2v) is 6.22. The van der Waals surface area contributed by atoms with E-state index in [4.69, 9.17) is 5.26 Å². The quantitative estimate of drug-likeness (QED) is 0.637. The maximum absolute atomic E-state index is 12.5. The van der Waals surface area contributed by atoms with E-state index >= 15 is 0 Å². The first kappa shape index (κ1) is 17.6. The molecule has 132 valence electrons. The van der Waals surface area contributed by atoms with Gasteiger partial charge in [-0.05, 0) is 29.7 Å². The Kier molecular flexibility index (Phi) is 5.25. The van der Waals surface area contributed by atoms with Gasteiger partial charge in [-0.2, -0.15) is 5.26 Å². The Hall–Kier alpha value is -3.24. The van der Waals surface area contributed by atoms with Crippen molar-refractivity contribution in [3.63, 3.8) is 0 Å². The third-order valence-electron chi connectivity index (χ3n) is 4.43. The molecule has 1 atom stereocenters. The lowest BCUT2D eigenvalue weighted by molar-refractivity contribution is -0.384. The first-order chi connectivity index (χ1) is 12.6. The van der Waals surface area contributed by atoms with Crippen molar-refractivity contribution < 1.29 is 9.72 Å². The van der Waals surface area contributed by atoms with Gasteiger partial charge in [0, 0.05) is 31.8 Å². The van der Waals surface area contributed by atoms with Crippen LogP contribution in [0.4, 0.5) is 5.69 Å². The normalized spacial score (nSPS) is 16.5. The van der Waals surface area contributed by atoms with Gasteiger partial charge in [-0.3, -0.25) is 14.9 Å². The maximum atomic E-state index is 12.5. The molecule has 0 saturated carbocycles. The molecule has 3 rings (SSSR count). The fourth-order valence-electron chi connectivity index (χ4n) is 3.02. The molecule has 0 spiro atoms. The lowest BCUT2D eigenvalue weighted by Crippen LogP contribution is -2.37. The van der Waals surface area contributed by atoms with Gasteiger partial charge in [0.05, 0.1) is 22.6 Å². The van der Waals surface area contributed by atoms with Crippen molar-refractivity contribution >= 4 is 11.6 Å². The van der Waals surface area contributed by atoms with Crippen LogP contribution in [-0.4, -0.2) is 28.3 Å². The lowest BCUT2D eigenvalue weighted by atomic mass is 10.1. The molecule has 2 aromatic carbocycles. The van der Waals surface area contributed by atoms with Gasteiger partial charge >= 0.3 is 0 Å². The van der Waals surface area contributed by atoms with Crippen LogP contribution in [0.5, 0.6) is 0 Å². The van der Waals surface area contributed by atoms with Gasteiger partial charge in [0.1, 0.15) is 0 Å². The van der Waals surface area contributed by atoms with Crippen molar-refractivity contribution in [3.8, 4) is 6.07 Å². The number of hydrogen-bond acceptors (Lipinski definition) is 5. The van der Waals surface area contributed by atoms with Crippen LogP contribution in [0.1, 0.15) is 23.1 Å². The predicted molar refractivity (Wildman–Crippen MR) is 94.9 cm³/mol. The monoisotopic (exact) mass is 350 g/mol. The van der Waals surface area contributed by atoms with Crippen molar-refractivity contribution in [1.82, 2.24) is 10.2 Å². The molecular weight excluding hydrogens is 332 g/mol. The molecular formula is C19H18N4O3. The van der Waals surface area contributed by atoms with Gasteiger partial charge < -0.3 is 10.2 Å². The summed E-state index contributed by atoms with van der Waals surface area (Å²) in [5.41, 5.74) is 2.47. The third kappa shape index (κ3) is 4.05. The van der Waals surface area contributed by atoms with E-state index in [1.54, 1.807) is 29.2 Å². The Morgan fingerprint density at radius 3 is 2.69 bits per heavy atom. The Bertz CT molecular complexity index is 858. The van der Waals surface area contributed by atoms with Gasteiger partial charge in [0.2, 0.25) is 5.91 Å². The average molecular weight is 350 g/mol. The molecule has 0 aromatic heterocycles. The molecule has 1 N–H and O–H groups in total. The minimum atomic E-state index is -0.434. The number of nitrogens with zero attached hydrogens (tertiary/aromatic N) is 3. The minimum Gasteiger partial charge on any atom is -0.337 e. The number of rotatable bonds is 6. The minimum absolute atomic E-state index is 0.0364. The average Bonchev–Trinajstić information content (AvgIpc) is 3.00. The van der Waals surface area contributed by atoms with Crippen LogP contribution >= 0.6 is 0 Å². The van der Waals surface area contributed by atoms with Gasteiger partial charge in [-0.1, -0.05) is 24.3 Å². The summed E-state index contributed by atoms with van der Waals surface area (Å²) in [6.45, 7) is 1.63. The van der Waals surface area contributed by atoms with E-state index in [2.05, 4.69) is 11.4 Å². The maximum Gasteiger partial charge on any atom is 0.269 e. The fraction of sp³-hybridized carbons (Fsp3) is 0.263. The molecule has 1 heterocycles. The molecule has 1 aliphatic heterocycles. The van der Waals surface area contributed by atoms with Gasteiger partial charge in [-0.25, -0.2) is 0 Å². The summed E-state index contributed by atoms with van der Waals surface area (Å²) in [5, 5.41) is 22.9. The Morgan fingerprint density at radius 2 is 2.00 bits per heavy atom. The van der Waals surface area contributed by atoms with Crippen LogP contribution in [-0.2, 0) is 17.9 Å². The Labute approximate surface area is 151 Å². The smallest absolute Gasteiger partial charge is 0.269 e. The highest BCUT2D eigenvalue weighted by Crippen LogP contribution is 2.17. The number of nitrogens with one attached hydrogen (secondary N) is 1. The fourth-order valence-corrected chi connectivity index (χ4v) is 3.02. The summed E-state index contributed by atoms with van der Waals surface area (Å²) in [6.07, 6.45) is 0.712. The van der Waals surface area contributed by atoms with E-state index in [0.717, 1.165) is 11.1 Å². The molecule has 1 saturated heterocycles. The molecule has 0 aliphatic carbocycles. The van der Waals surface area contributed by atoms with Gasteiger partial charge in [-0.15, -0.1) is 0 Å². The van der Waals surface area contributed by atoms with E-state index in [1.165, 1.54) is 12.1 Å². The number of non-ortho nitro benzene ring substituents is 1.